The lowest BCUT2D eigenvalue weighted by molar-refractivity contribution is 0.0991. The van der Waals surface area contributed by atoms with Crippen LogP contribution < -0.4 is 9.47 Å². The standard InChI is InChI=1S/C22H21ClN2O4/c1-14(26)16-5-3-15(4-6-16)13-29-20-10-17(9-19(12-20)28-2)21(27)11-18-7-8-24-22(23)25-18/h3-10,12,14,26H,11,13H2,1-2H3. The van der Waals surface area contributed by atoms with E-state index in [1.54, 1.807) is 31.2 Å². The van der Waals surface area contributed by atoms with E-state index in [1.807, 2.05) is 24.3 Å². The third kappa shape index (κ3) is 5.76. The summed E-state index contributed by atoms with van der Waals surface area (Å²) in [5.41, 5.74) is 2.78. The summed E-state index contributed by atoms with van der Waals surface area (Å²) in [4.78, 5) is 20.6. The smallest absolute Gasteiger partial charge is 0.222 e. The van der Waals surface area contributed by atoms with Crippen molar-refractivity contribution in [2.24, 2.45) is 0 Å². The first-order valence-corrected chi connectivity index (χ1v) is 9.42. The zero-order chi connectivity index (χ0) is 20.8. The Kier molecular flexibility index (Phi) is 6.80. The molecule has 150 valence electrons. The Balaban J connectivity index is 1.73. The molecule has 7 heteroatoms. The van der Waals surface area contributed by atoms with Gasteiger partial charge in [0.1, 0.15) is 18.1 Å². The molecule has 0 aliphatic carbocycles. The molecule has 3 rings (SSSR count). The molecule has 1 unspecified atom stereocenters. The van der Waals surface area contributed by atoms with E-state index in [2.05, 4.69) is 9.97 Å². The fourth-order valence-electron chi connectivity index (χ4n) is 2.73. The minimum Gasteiger partial charge on any atom is -0.497 e. The van der Waals surface area contributed by atoms with E-state index in [-0.39, 0.29) is 17.5 Å². The number of benzene rings is 2. The first-order valence-electron chi connectivity index (χ1n) is 9.04. The number of nitrogens with zero attached hydrogens (tertiary/aromatic N) is 2. The Morgan fingerprint density at radius 2 is 1.86 bits per heavy atom. The number of halogens is 1. The second-order valence-electron chi connectivity index (χ2n) is 6.52. The molecule has 1 heterocycles. The number of aromatic nitrogens is 2. The molecule has 0 bridgehead atoms. The number of carbonyl (C=O) groups is 1. The fraction of sp³-hybridized carbons (Fsp3) is 0.227. The van der Waals surface area contributed by atoms with Crippen LogP contribution >= 0.6 is 11.6 Å². The van der Waals surface area contributed by atoms with Crippen LogP contribution in [0.1, 0.15) is 40.2 Å². The molecule has 0 saturated carbocycles. The molecule has 0 amide bonds. The van der Waals surface area contributed by atoms with Crippen LogP contribution in [-0.2, 0) is 13.0 Å². The number of hydrogen-bond donors (Lipinski definition) is 1. The van der Waals surface area contributed by atoms with E-state index in [0.717, 1.165) is 11.1 Å². The van der Waals surface area contributed by atoms with E-state index in [1.165, 1.54) is 13.3 Å². The van der Waals surface area contributed by atoms with Crippen molar-refractivity contribution in [3.05, 3.63) is 82.4 Å². The molecule has 6 nitrogen and oxygen atoms in total. The van der Waals surface area contributed by atoms with Gasteiger partial charge in [0.2, 0.25) is 5.28 Å². The van der Waals surface area contributed by atoms with Crippen molar-refractivity contribution in [1.29, 1.82) is 0 Å². The van der Waals surface area contributed by atoms with Gasteiger partial charge in [0.25, 0.3) is 0 Å². The van der Waals surface area contributed by atoms with Gasteiger partial charge in [0.05, 0.1) is 25.3 Å². The van der Waals surface area contributed by atoms with E-state index < -0.39 is 6.10 Å². The maximum Gasteiger partial charge on any atom is 0.222 e. The average molecular weight is 413 g/mol. The maximum atomic E-state index is 12.7. The molecule has 0 fully saturated rings. The topological polar surface area (TPSA) is 81.5 Å². The number of aliphatic hydroxyl groups is 1. The van der Waals surface area contributed by atoms with Crippen LogP contribution in [0.25, 0.3) is 0 Å². The molecule has 0 aliphatic rings. The summed E-state index contributed by atoms with van der Waals surface area (Å²) in [6.07, 6.45) is 1.10. The minimum absolute atomic E-state index is 0.0929. The molecular weight excluding hydrogens is 392 g/mol. The van der Waals surface area contributed by atoms with Crippen molar-refractivity contribution in [3.63, 3.8) is 0 Å². The third-order valence-corrected chi connectivity index (χ3v) is 4.51. The largest absolute Gasteiger partial charge is 0.497 e. The predicted molar refractivity (Wildman–Crippen MR) is 109 cm³/mol. The molecular formula is C22H21ClN2O4. The number of methoxy groups -OCH3 is 1. The number of Topliss-reactive ketones (excluding diaryl/α,β-unsaturated/α-hetero) is 1. The monoisotopic (exact) mass is 412 g/mol. The number of aliphatic hydroxyl groups excluding tert-OH is 1. The van der Waals surface area contributed by atoms with Crippen LogP contribution in [0.15, 0.2) is 54.7 Å². The van der Waals surface area contributed by atoms with Crippen molar-refractivity contribution in [3.8, 4) is 11.5 Å². The van der Waals surface area contributed by atoms with Gasteiger partial charge in [-0.05, 0) is 47.9 Å². The van der Waals surface area contributed by atoms with Gasteiger partial charge in [-0.3, -0.25) is 4.79 Å². The van der Waals surface area contributed by atoms with Crippen LogP contribution in [-0.4, -0.2) is 28.0 Å². The van der Waals surface area contributed by atoms with E-state index in [4.69, 9.17) is 21.1 Å². The molecule has 1 atom stereocenters. The van der Waals surface area contributed by atoms with Gasteiger partial charge in [0, 0.05) is 17.8 Å². The first-order chi connectivity index (χ1) is 13.9. The summed E-state index contributed by atoms with van der Waals surface area (Å²) < 4.78 is 11.2. The zero-order valence-corrected chi connectivity index (χ0v) is 16.9. The van der Waals surface area contributed by atoms with Gasteiger partial charge in [0.15, 0.2) is 5.78 Å². The Bertz CT molecular complexity index is 990. The lowest BCUT2D eigenvalue weighted by Gasteiger charge is -2.11. The fourth-order valence-corrected chi connectivity index (χ4v) is 2.89. The van der Waals surface area contributed by atoms with Crippen molar-refractivity contribution in [2.75, 3.05) is 7.11 Å². The SMILES string of the molecule is COc1cc(OCc2ccc(C(C)O)cc2)cc(C(=O)Cc2ccnc(Cl)n2)c1. The van der Waals surface area contributed by atoms with Crippen molar-refractivity contribution in [1.82, 2.24) is 9.97 Å². The Morgan fingerprint density at radius 1 is 1.14 bits per heavy atom. The summed E-state index contributed by atoms with van der Waals surface area (Å²) >= 11 is 5.79. The predicted octanol–water partition coefficient (Wildman–Crippen LogP) is 4.20. The molecule has 1 aromatic heterocycles. The molecule has 0 saturated heterocycles. The number of rotatable bonds is 8. The number of hydrogen-bond acceptors (Lipinski definition) is 6. The van der Waals surface area contributed by atoms with Crippen molar-refractivity contribution < 1.29 is 19.4 Å². The van der Waals surface area contributed by atoms with Gasteiger partial charge in [-0.25, -0.2) is 9.97 Å². The molecule has 0 radical (unpaired) electrons. The lowest BCUT2D eigenvalue weighted by atomic mass is 10.1. The Labute approximate surface area is 174 Å². The summed E-state index contributed by atoms with van der Waals surface area (Å²) in [6.45, 7) is 2.04. The van der Waals surface area contributed by atoms with Gasteiger partial charge in [-0.15, -0.1) is 0 Å². The lowest BCUT2D eigenvalue weighted by Crippen LogP contribution is -2.07. The highest BCUT2D eigenvalue weighted by atomic mass is 35.5. The van der Waals surface area contributed by atoms with E-state index >= 15 is 0 Å². The number of carbonyl (C=O) groups excluding carboxylic acids is 1. The first kappa shape index (κ1) is 20.8. The summed E-state index contributed by atoms with van der Waals surface area (Å²) in [5, 5.41) is 9.69. The molecule has 1 N–H and O–H groups in total. The van der Waals surface area contributed by atoms with Gasteiger partial charge < -0.3 is 14.6 Å². The number of ether oxygens (including phenoxy) is 2. The number of ketones is 1. The quantitative estimate of drug-likeness (QED) is 0.441. The average Bonchev–Trinajstić information content (AvgIpc) is 2.72. The summed E-state index contributed by atoms with van der Waals surface area (Å²) in [6, 6.07) is 14.2. The van der Waals surface area contributed by atoms with E-state index in [9.17, 15) is 9.90 Å². The highest BCUT2D eigenvalue weighted by molar-refractivity contribution is 6.28. The minimum atomic E-state index is -0.512. The Hall–Kier alpha value is -2.96. The highest BCUT2D eigenvalue weighted by Crippen LogP contribution is 2.25. The second-order valence-corrected chi connectivity index (χ2v) is 6.86. The van der Waals surface area contributed by atoms with Crippen LogP contribution in [0.2, 0.25) is 5.28 Å². The zero-order valence-electron chi connectivity index (χ0n) is 16.1. The van der Waals surface area contributed by atoms with Crippen LogP contribution in [0.4, 0.5) is 0 Å². The van der Waals surface area contributed by atoms with Crippen LogP contribution in [0.3, 0.4) is 0 Å². The summed E-state index contributed by atoms with van der Waals surface area (Å²) in [7, 11) is 1.53. The molecule has 3 aromatic rings. The molecule has 2 aromatic carbocycles. The molecule has 29 heavy (non-hydrogen) atoms. The molecule has 0 aliphatic heterocycles. The Morgan fingerprint density at radius 3 is 2.52 bits per heavy atom. The van der Waals surface area contributed by atoms with Crippen LogP contribution in [0, 0.1) is 0 Å². The van der Waals surface area contributed by atoms with Crippen LogP contribution in [0.5, 0.6) is 11.5 Å². The van der Waals surface area contributed by atoms with Crippen molar-refractivity contribution in [2.45, 2.75) is 26.1 Å². The highest BCUT2D eigenvalue weighted by Gasteiger charge is 2.13. The van der Waals surface area contributed by atoms with Gasteiger partial charge >= 0.3 is 0 Å². The van der Waals surface area contributed by atoms with Gasteiger partial charge in [-0.2, -0.15) is 0 Å². The maximum absolute atomic E-state index is 12.7. The van der Waals surface area contributed by atoms with Crippen molar-refractivity contribution >= 4 is 17.4 Å². The van der Waals surface area contributed by atoms with Gasteiger partial charge in [-0.1, -0.05) is 24.3 Å². The third-order valence-electron chi connectivity index (χ3n) is 4.33. The molecule has 0 spiro atoms. The van der Waals surface area contributed by atoms with E-state index in [0.29, 0.717) is 29.4 Å². The normalized spacial score (nSPS) is 11.7. The second kappa shape index (κ2) is 9.49. The summed E-state index contributed by atoms with van der Waals surface area (Å²) in [5.74, 6) is 0.911.